The van der Waals surface area contributed by atoms with Gasteiger partial charge < -0.3 is 10.2 Å². The van der Waals surface area contributed by atoms with Crippen LogP contribution in [0, 0.1) is 23.2 Å². The van der Waals surface area contributed by atoms with Crippen molar-refractivity contribution in [2.24, 2.45) is 23.2 Å². The molecule has 5 aliphatic rings. The predicted octanol–water partition coefficient (Wildman–Crippen LogP) is 2.55. The highest BCUT2D eigenvalue weighted by atomic mass is 16.2. The summed E-state index contributed by atoms with van der Waals surface area (Å²) < 4.78 is 0. The highest BCUT2D eigenvalue weighted by Crippen LogP contribution is 2.60. The van der Waals surface area contributed by atoms with Crippen LogP contribution < -0.4 is 5.32 Å². The van der Waals surface area contributed by atoms with E-state index in [4.69, 9.17) is 0 Å². The second kappa shape index (κ2) is 4.82. The van der Waals surface area contributed by atoms with E-state index in [2.05, 4.69) is 27.5 Å². The minimum absolute atomic E-state index is 0.0912. The monoisotopic (exact) mass is 314 g/mol. The normalized spacial score (nSPS) is 38.6. The summed E-state index contributed by atoms with van der Waals surface area (Å²) in [5.74, 6) is 3.45. The smallest absolute Gasteiger partial charge is 0.231 e. The van der Waals surface area contributed by atoms with Crippen molar-refractivity contribution in [1.82, 2.24) is 15.1 Å². The standard InChI is InChI=1S/C18H26N4O/c1-22-3-2-14-15(10-22)20-21-16(14)19-17(23)18-7-11-4-12(8-18)6-13(5-11)9-18/h11-13H,2-10H2,1H3,(H2,19,20,21,23). The van der Waals surface area contributed by atoms with Crippen molar-refractivity contribution in [3.8, 4) is 0 Å². The summed E-state index contributed by atoms with van der Waals surface area (Å²) in [7, 11) is 2.12. The van der Waals surface area contributed by atoms with Gasteiger partial charge in [0.1, 0.15) is 0 Å². The molecule has 1 amide bonds. The first-order chi connectivity index (χ1) is 11.1. The molecule has 0 aromatic carbocycles. The van der Waals surface area contributed by atoms with Crippen LogP contribution in [0.15, 0.2) is 0 Å². The molecule has 0 unspecified atom stereocenters. The molecule has 6 rings (SSSR count). The number of nitrogens with zero attached hydrogens (tertiary/aromatic N) is 2. The molecule has 5 nitrogen and oxygen atoms in total. The quantitative estimate of drug-likeness (QED) is 0.882. The van der Waals surface area contributed by atoms with Crippen LogP contribution in [0.2, 0.25) is 0 Å². The highest BCUT2D eigenvalue weighted by Gasteiger charge is 2.54. The average Bonchev–Trinajstić information content (AvgIpc) is 2.88. The van der Waals surface area contributed by atoms with Crippen LogP contribution in [0.3, 0.4) is 0 Å². The Bertz CT molecular complexity index is 614. The number of aromatic nitrogens is 2. The van der Waals surface area contributed by atoms with Gasteiger partial charge in [-0.25, -0.2) is 0 Å². The number of fused-ring (bicyclic) bond motifs is 1. The second-order valence-corrected chi connectivity index (χ2v) is 8.67. The number of anilines is 1. The van der Waals surface area contributed by atoms with Crippen molar-refractivity contribution in [2.45, 2.75) is 51.5 Å². The maximum Gasteiger partial charge on any atom is 0.231 e. The number of H-pyrrole nitrogens is 1. The third-order valence-electron chi connectivity index (χ3n) is 6.88. The third kappa shape index (κ3) is 2.16. The maximum atomic E-state index is 13.1. The van der Waals surface area contributed by atoms with Gasteiger partial charge in [-0.3, -0.25) is 9.89 Å². The summed E-state index contributed by atoms with van der Waals surface area (Å²) in [6.07, 6.45) is 8.42. The lowest BCUT2D eigenvalue weighted by molar-refractivity contribution is -0.140. The molecule has 23 heavy (non-hydrogen) atoms. The van der Waals surface area contributed by atoms with Gasteiger partial charge in [-0.2, -0.15) is 5.10 Å². The molecular weight excluding hydrogens is 288 g/mol. The number of rotatable bonds is 2. The van der Waals surface area contributed by atoms with E-state index in [1.165, 1.54) is 30.5 Å². The van der Waals surface area contributed by atoms with Crippen molar-refractivity contribution >= 4 is 11.7 Å². The molecule has 1 aromatic rings. The minimum Gasteiger partial charge on any atom is -0.308 e. The van der Waals surface area contributed by atoms with E-state index in [-0.39, 0.29) is 11.3 Å². The first-order valence-electron chi connectivity index (χ1n) is 9.17. The summed E-state index contributed by atoms with van der Waals surface area (Å²) in [6.45, 7) is 1.93. The molecule has 4 saturated carbocycles. The Morgan fingerprint density at radius 1 is 1.22 bits per heavy atom. The SMILES string of the molecule is CN1CCc2c(NC(=O)C34CC5CC(CC(C5)C3)C4)n[nH]c2C1. The number of nitrogens with one attached hydrogen (secondary N) is 2. The molecular formula is C18H26N4O. The van der Waals surface area contributed by atoms with Crippen molar-refractivity contribution in [3.63, 3.8) is 0 Å². The Morgan fingerprint density at radius 2 is 1.87 bits per heavy atom. The lowest BCUT2D eigenvalue weighted by atomic mass is 9.49. The topological polar surface area (TPSA) is 61.0 Å². The van der Waals surface area contributed by atoms with Crippen molar-refractivity contribution in [3.05, 3.63) is 11.3 Å². The van der Waals surface area contributed by atoms with Crippen molar-refractivity contribution in [1.29, 1.82) is 0 Å². The third-order valence-corrected chi connectivity index (χ3v) is 6.88. The molecule has 0 radical (unpaired) electrons. The molecule has 1 aliphatic heterocycles. The summed E-state index contributed by atoms with van der Waals surface area (Å²) in [5, 5.41) is 10.8. The zero-order chi connectivity index (χ0) is 15.6. The summed E-state index contributed by atoms with van der Waals surface area (Å²) in [6, 6.07) is 0. The molecule has 0 saturated heterocycles. The molecule has 124 valence electrons. The van der Waals surface area contributed by atoms with Gasteiger partial charge in [0.05, 0.1) is 11.1 Å². The van der Waals surface area contributed by atoms with Gasteiger partial charge in [0.25, 0.3) is 0 Å². The molecule has 2 N–H and O–H groups in total. The first kappa shape index (κ1) is 14.0. The van der Waals surface area contributed by atoms with Crippen LogP contribution in [0.1, 0.15) is 49.8 Å². The zero-order valence-corrected chi connectivity index (χ0v) is 13.9. The number of amides is 1. The van der Waals surface area contributed by atoms with E-state index in [0.717, 1.165) is 62.3 Å². The molecule has 4 bridgehead atoms. The van der Waals surface area contributed by atoms with Gasteiger partial charge in [-0.05, 0) is 69.7 Å². The van der Waals surface area contributed by atoms with Crippen LogP contribution in [-0.4, -0.2) is 34.6 Å². The van der Waals surface area contributed by atoms with Crippen molar-refractivity contribution < 1.29 is 4.79 Å². The maximum absolute atomic E-state index is 13.1. The highest BCUT2D eigenvalue weighted by molar-refractivity contribution is 5.95. The van der Waals surface area contributed by atoms with Gasteiger partial charge in [-0.1, -0.05) is 0 Å². The predicted molar refractivity (Wildman–Crippen MR) is 87.9 cm³/mol. The average molecular weight is 314 g/mol. The molecule has 0 spiro atoms. The van der Waals surface area contributed by atoms with Gasteiger partial charge >= 0.3 is 0 Å². The minimum atomic E-state index is -0.0912. The summed E-state index contributed by atoms with van der Waals surface area (Å²) >= 11 is 0. The molecule has 4 aliphatic carbocycles. The van der Waals surface area contributed by atoms with Gasteiger partial charge in [0.2, 0.25) is 5.91 Å². The molecule has 2 heterocycles. The Labute approximate surface area is 137 Å². The first-order valence-corrected chi connectivity index (χ1v) is 9.17. The van der Waals surface area contributed by atoms with Gasteiger partial charge in [0, 0.05) is 18.7 Å². The van der Waals surface area contributed by atoms with E-state index in [9.17, 15) is 4.79 Å². The van der Waals surface area contributed by atoms with Crippen LogP contribution in [-0.2, 0) is 17.8 Å². The Kier molecular flexibility index (Phi) is 2.94. The Balaban J connectivity index is 1.38. The Morgan fingerprint density at radius 3 is 2.52 bits per heavy atom. The summed E-state index contributed by atoms with van der Waals surface area (Å²) in [5.41, 5.74) is 2.30. The fourth-order valence-corrected chi connectivity index (χ4v) is 6.19. The Hall–Kier alpha value is -1.36. The number of carbonyl (C=O) groups is 1. The number of hydrogen-bond donors (Lipinski definition) is 2. The largest absolute Gasteiger partial charge is 0.308 e. The van der Waals surface area contributed by atoms with Crippen LogP contribution in [0.4, 0.5) is 5.82 Å². The van der Waals surface area contributed by atoms with Crippen molar-refractivity contribution in [2.75, 3.05) is 18.9 Å². The lowest BCUT2D eigenvalue weighted by Crippen LogP contribution is -2.51. The number of likely N-dealkylation sites (N-methyl/N-ethyl adjacent to an activating group) is 1. The van der Waals surface area contributed by atoms with E-state index in [1.807, 2.05) is 0 Å². The fourth-order valence-electron chi connectivity index (χ4n) is 6.19. The molecule has 1 aromatic heterocycles. The number of aromatic amines is 1. The fraction of sp³-hybridized carbons (Fsp3) is 0.778. The number of carbonyl (C=O) groups excluding carboxylic acids is 1. The molecule has 5 heteroatoms. The van der Waals surface area contributed by atoms with E-state index < -0.39 is 0 Å². The van der Waals surface area contributed by atoms with E-state index in [1.54, 1.807) is 0 Å². The van der Waals surface area contributed by atoms with Crippen LogP contribution in [0.5, 0.6) is 0 Å². The lowest BCUT2D eigenvalue weighted by Gasteiger charge is -2.55. The van der Waals surface area contributed by atoms with Gasteiger partial charge in [-0.15, -0.1) is 0 Å². The van der Waals surface area contributed by atoms with Crippen LogP contribution in [0.25, 0.3) is 0 Å². The van der Waals surface area contributed by atoms with E-state index >= 15 is 0 Å². The van der Waals surface area contributed by atoms with Crippen LogP contribution >= 0.6 is 0 Å². The number of hydrogen-bond acceptors (Lipinski definition) is 3. The molecule has 0 atom stereocenters. The zero-order valence-electron chi connectivity index (χ0n) is 13.9. The van der Waals surface area contributed by atoms with Gasteiger partial charge in [0.15, 0.2) is 5.82 Å². The van der Waals surface area contributed by atoms with E-state index in [0.29, 0.717) is 0 Å². The molecule has 4 fully saturated rings. The second-order valence-electron chi connectivity index (χ2n) is 8.67. The summed E-state index contributed by atoms with van der Waals surface area (Å²) in [4.78, 5) is 15.4.